The molecule has 1 amide bonds. The molecule has 0 unspecified atom stereocenters. The number of hydrogen-bond donors (Lipinski definition) is 2. The summed E-state index contributed by atoms with van der Waals surface area (Å²) in [4.78, 5) is 22.3. The fourth-order valence-corrected chi connectivity index (χ4v) is 1.84. The Hall–Kier alpha value is -1.76. The summed E-state index contributed by atoms with van der Waals surface area (Å²) in [5.41, 5.74) is 11.4. The van der Waals surface area contributed by atoms with Crippen LogP contribution in [0.3, 0.4) is 0 Å². The van der Waals surface area contributed by atoms with Gasteiger partial charge in [0.1, 0.15) is 5.78 Å². The molecule has 20 heavy (non-hydrogen) atoms. The van der Waals surface area contributed by atoms with Gasteiger partial charge in [-0.3, -0.25) is 14.3 Å². The third-order valence-electron chi connectivity index (χ3n) is 3.35. The molecule has 7 nitrogen and oxygen atoms in total. The SMILES string of the molecule is CCC(=O)[C@@H](C)CCn1cc(CC[C@H](N)C(N)=O)nn1. The zero-order valence-electron chi connectivity index (χ0n) is 12.1. The number of carbonyl (C=O) groups excluding carboxylic acids is 2. The van der Waals surface area contributed by atoms with Crippen molar-refractivity contribution >= 4 is 11.7 Å². The Balaban J connectivity index is 2.40. The highest BCUT2D eigenvalue weighted by Gasteiger charge is 2.12. The van der Waals surface area contributed by atoms with Gasteiger partial charge in [-0.15, -0.1) is 5.10 Å². The molecule has 0 aliphatic carbocycles. The third-order valence-corrected chi connectivity index (χ3v) is 3.35. The van der Waals surface area contributed by atoms with Crippen molar-refractivity contribution in [2.45, 2.75) is 52.1 Å². The van der Waals surface area contributed by atoms with Crippen molar-refractivity contribution in [3.63, 3.8) is 0 Å². The smallest absolute Gasteiger partial charge is 0.234 e. The van der Waals surface area contributed by atoms with Gasteiger partial charge in [0.05, 0.1) is 11.7 Å². The predicted octanol–water partition coefficient (Wildman–Crippen LogP) is 0.0286. The normalized spacial score (nSPS) is 13.9. The van der Waals surface area contributed by atoms with Crippen molar-refractivity contribution < 1.29 is 9.59 Å². The minimum Gasteiger partial charge on any atom is -0.368 e. The molecule has 1 heterocycles. The molecule has 0 aromatic carbocycles. The van der Waals surface area contributed by atoms with E-state index in [1.54, 1.807) is 4.68 Å². The predicted molar refractivity (Wildman–Crippen MR) is 74.6 cm³/mol. The quantitative estimate of drug-likeness (QED) is 0.662. The summed E-state index contributed by atoms with van der Waals surface area (Å²) in [5.74, 6) is -0.210. The lowest BCUT2D eigenvalue weighted by Gasteiger charge is -2.08. The van der Waals surface area contributed by atoms with Crippen LogP contribution in [0.1, 0.15) is 38.8 Å². The van der Waals surface area contributed by atoms with E-state index < -0.39 is 11.9 Å². The van der Waals surface area contributed by atoms with E-state index in [9.17, 15) is 9.59 Å². The Kier molecular flexibility index (Phi) is 6.30. The summed E-state index contributed by atoms with van der Waals surface area (Å²) in [6, 6.07) is -0.651. The number of ketones is 1. The van der Waals surface area contributed by atoms with Crippen molar-refractivity contribution in [3.8, 4) is 0 Å². The average molecular weight is 281 g/mol. The molecule has 7 heteroatoms. The van der Waals surface area contributed by atoms with E-state index in [2.05, 4.69) is 10.3 Å². The van der Waals surface area contributed by atoms with Crippen LogP contribution in [-0.2, 0) is 22.6 Å². The van der Waals surface area contributed by atoms with Crippen LogP contribution in [-0.4, -0.2) is 32.7 Å². The molecule has 0 saturated heterocycles. The topological polar surface area (TPSA) is 117 Å². The molecule has 0 spiro atoms. The lowest BCUT2D eigenvalue weighted by molar-refractivity contribution is -0.122. The summed E-state index contributed by atoms with van der Waals surface area (Å²) >= 11 is 0. The number of nitrogens with two attached hydrogens (primary N) is 2. The van der Waals surface area contributed by atoms with Crippen molar-refractivity contribution in [1.29, 1.82) is 0 Å². The second-order valence-electron chi connectivity index (χ2n) is 5.03. The summed E-state index contributed by atoms with van der Waals surface area (Å²) in [6.45, 7) is 4.45. The molecular formula is C13H23N5O2. The van der Waals surface area contributed by atoms with E-state index in [0.29, 0.717) is 25.8 Å². The summed E-state index contributed by atoms with van der Waals surface area (Å²) in [7, 11) is 0. The molecule has 0 aliphatic heterocycles. The number of rotatable bonds is 9. The number of hydrogen-bond acceptors (Lipinski definition) is 5. The Morgan fingerprint density at radius 1 is 1.40 bits per heavy atom. The molecule has 4 N–H and O–H groups in total. The fourth-order valence-electron chi connectivity index (χ4n) is 1.84. The van der Waals surface area contributed by atoms with Gasteiger partial charge in [0.25, 0.3) is 0 Å². The number of amides is 1. The van der Waals surface area contributed by atoms with E-state index in [-0.39, 0.29) is 11.7 Å². The van der Waals surface area contributed by atoms with E-state index in [1.807, 2.05) is 20.0 Å². The molecule has 0 fully saturated rings. The summed E-state index contributed by atoms with van der Waals surface area (Å²) < 4.78 is 1.71. The maximum atomic E-state index is 11.5. The molecule has 1 aromatic rings. The van der Waals surface area contributed by atoms with E-state index >= 15 is 0 Å². The number of primary amides is 1. The van der Waals surface area contributed by atoms with E-state index in [4.69, 9.17) is 11.5 Å². The molecule has 112 valence electrons. The van der Waals surface area contributed by atoms with Gasteiger partial charge in [0.15, 0.2) is 0 Å². The molecule has 0 bridgehead atoms. The second-order valence-corrected chi connectivity index (χ2v) is 5.03. The molecule has 0 aliphatic rings. The number of Topliss-reactive ketones (excluding diaryl/α,β-unsaturated/α-hetero) is 1. The number of aromatic nitrogens is 3. The lowest BCUT2D eigenvalue weighted by atomic mass is 10.0. The zero-order valence-corrected chi connectivity index (χ0v) is 12.1. The number of nitrogens with zero attached hydrogens (tertiary/aromatic N) is 3. The van der Waals surface area contributed by atoms with Gasteiger partial charge < -0.3 is 11.5 Å². The molecule has 2 atom stereocenters. The maximum Gasteiger partial charge on any atom is 0.234 e. The lowest BCUT2D eigenvalue weighted by Crippen LogP contribution is -2.36. The molecular weight excluding hydrogens is 258 g/mol. The van der Waals surface area contributed by atoms with Crippen LogP contribution in [0.2, 0.25) is 0 Å². The maximum absolute atomic E-state index is 11.5. The van der Waals surface area contributed by atoms with Crippen LogP contribution < -0.4 is 11.5 Å². The van der Waals surface area contributed by atoms with Crippen molar-refractivity contribution in [2.75, 3.05) is 0 Å². The van der Waals surface area contributed by atoms with Gasteiger partial charge in [0.2, 0.25) is 5.91 Å². The average Bonchev–Trinajstić information content (AvgIpc) is 2.88. The molecule has 0 radical (unpaired) electrons. The van der Waals surface area contributed by atoms with E-state index in [0.717, 1.165) is 12.1 Å². The standard InChI is InChI=1S/C13H23N5O2/c1-3-12(19)9(2)6-7-18-8-10(16-17-18)4-5-11(14)13(15)20/h8-9,11H,3-7,14H2,1-2H3,(H2,15,20)/t9-,11-/m0/s1. The minimum atomic E-state index is -0.651. The minimum absolute atomic E-state index is 0.0379. The van der Waals surface area contributed by atoms with Crippen LogP contribution >= 0.6 is 0 Å². The number of aryl methyl sites for hydroxylation is 2. The zero-order chi connectivity index (χ0) is 15.1. The second kappa shape index (κ2) is 7.74. The van der Waals surface area contributed by atoms with Gasteiger partial charge in [-0.2, -0.15) is 0 Å². The van der Waals surface area contributed by atoms with Crippen LogP contribution in [0.25, 0.3) is 0 Å². The Bertz CT molecular complexity index is 457. The third kappa shape index (κ3) is 5.08. The van der Waals surface area contributed by atoms with Crippen LogP contribution in [0.4, 0.5) is 0 Å². The highest BCUT2D eigenvalue weighted by atomic mass is 16.1. The van der Waals surface area contributed by atoms with Crippen LogP contribution in [0.5, 0.6) is 0 Å². The van der Waals surface area contributed by atoms with Crippen molar-refractivity contribution in [1.82, 2.24) is 15.0 Å². The molecule has 1 rings (SSSR count). The van der Waals surface area contributed by atoms with Crippen molar-refractivity contribution in [2.24, 2.45) is 17.4 Å². The highest BCUT2D eigenvalue weighted by Crippen LogP contribution is 2.08. The van der Waals surface area contributed by atoms with Gasteiger partial charge in [-0.25, -0.2) is 0 Å². The Morgan fingerprint density at radius 3 is 2.70 bits per heavy atom. The fraction of sp³-hybridized carbons (Fsp3) is 0.692. The first-order chi connectivity index (χ1) is 9.43. The monoisotopic (exact) mass is 281 g/mol. The van der Waals surface area contributed by atoms with Gasteiger partial charge in [0, 0.05) is 25.1 Å². The van der Waals surface area contributed by atoms with Gasteiger partial charge >= 0.3 is 0 Å². The Labute approximate surface area is 118 Å². The summed E-state index contributed by atoms with van der Waals surface area (Å²) in [5, 5.41) is 8.01. The van der Waals surface area contributed by atoms with Crippen LogP contribution in [0.15, 0.2) is 6.20 Å². The van der Waals surface area contributed by atoms with Crippen molar-refractivity contribution in [3.05, 3.63) is 11.9 Å². The summed E-state index contributed by atoms with van der Waals surface area (Å²) in [6.07, 6.45) is 4.15. The first kappa shape index (κ1) is 16.3. The molecule has 1 aromatic heterocycles. The number of carbonyl (C=O) groups is 2. The first-order valence-corrected chi connectivity index (χ1v) is 6.90. The Morgan fingerprint density at radius 2 is 2.10 bits per heavy atom. The first-order valence-electron chi connectivity index (χ1n) is 6.90. The highest BCUT2D eigenvalue weighted by molar-refractivity contribution is 5.80. The van der Waals surface area contributed by atoms with Gasteiger partial charge in [-0.1, -0.05) is 19.1 Å². The molecule has 0 saturated carbocycles. The largest absolute Gasteiger partial charge is 0.368 e. The van der Waals surface area contributed by atoms with Gasteiger partial charge in [-0.05, 0) is 19.3 Å². The van der Waals surface area contributed by atoms with E-state index in [1.165, 1.54) is 0 Å². The van der Waals surface area contributed by atoms with Crippen LogP contribution in [0, 0.1) is 5.92 Å².